The van der Waals surface area contributed by atoms with E-state index in [0.717, 1.165) is 0 Å². The molecular weight excluding hydrogens is 266 g/mol. The molecule has 1 N–H and O–H groups in total. The van der Waals surface area contributed by atoms with Gasteiger partial charge in [0.15, 0.2) is 5.16 Å². The maximum atomic E-state index is 11.9. The third-order valence-electron chi connectivity index (χ3n) is 2.75. The number of aromatic nitrogens is 3. The van der Waals surface area contributed by atoms with Crippen LogP contribution in [-0.4, -0.2) is 31.7 Å². The molecule has 0 saturated heterocycles. The van der Waals surface area contributed by atoms with Gasteiger partial charge in [-0.15, -0.1) is 5.10 Å². The number of carboxylic acids is 1. The second kappa shape index (κ2) is 5.31. The van der Waals surface area contributed by atoms with Crippen molar-refractivity contribution in [2.45, 2.75) is 11.7 Å². The van der Waals surface area contributed by atoms with Gasteiger partial charge in [0, 0.05) is 7.05 Å². The maximum absolute atomic E-state index is 11.9. The number of aromatic carboxylic acids is 1. The van der Waals surface area contributed by atoms with Gasteiger partial charge in [0.05, 0.1) is 12.1 Å². The minimum atomic E-state index is -1.01. The molecule has 2 aromatic rings. The van der Waals surface area contributed by atoms with Crippen LogP contribution in [0.4, 0.5) is 0 Å². The fourth-order valence-corrected chi connectivity index (χ4v) is 2.31. The Hall–Kier alpha value is -2.02. The van der Waals surface area contributed by atoms with Gasteiger partial charge in [0.25, 0.3) is 0 Å². The van der Waals surface area contributed by atoms with E-state index in [1.165, 1.54) is 27.1 Å². The highest BCUT2D eigenvalue weighted by Crippen LogP contribution is 2.11. The molecule has 0 amide bonds. The molecule has 100 valence electrons. The lowest BCUT2D eigenvalue weighted by atomic mass is 10.1. The topological polar surface area (TPSA) is 77.1 Å². The molecule has 0 bridgehead atoms. The van der Waals surface area contributed by atoms with Crippen molar-refractivity contribution in [3.8, 4) is 0 Å². The van der Waals surface area contributed by atoms with E-state index in [1.807, 2.05) is 6.26 Å². The Morgan fingerprint density at radius 2 is 2.11 bits per heavy atom. The van der Waals surface area contributed by atoms with Crippen LogP contribution in [-0.2, 0) is 13.6 Å². The zero-order chi connectivity index (χ0) is 14.0. The lowest BCUT2D eigenvalue weighted by molar-refractivity contribution is 0.0695. The summed E-state index contributed by atoms with van der Waals surface area (Å²) in [6.07, 6.45) is 1.83. The Morgan fingerprint density at radius 1 is 1.42 bits per heavy atom. The van der Waals surface area contributed by atoms with E-state index in [4.69, 9.17) is 5.11 Å². The average molecular weight is 279 g/mol. The Balaban J connectivity index is 2.42. The minimum absolute atomic E-state index is 0.149. The van der Waals surface area contributed by atoms with E-state index >= 15 is 0 Å². The van der Waals surface area contributed by atoms with Crippen LogP contribution in [0.3, 0.4) is 0 Å². The van der Waals surface area contributed by atoms with Gasteiger partial charge in [-0.05, 0) is 17.9 Å². The fraction of sp³-hybridized carbons (Fsp3) is 0.250. The van der Waals surface area contributed by atoms with Crippen molar-refractivity contribution in [1.82, 2.24) is 14.3 Å². The van der Waals surface area contributed by atoms with E-state index < -0.39 is 5.97 Å². The molecule has 0 radical (unpaired) electrons. The zero-order valence-corrected chi connectivity index (χ0v) is 11.3. The van der Waals surface area contributed by atoms with Crippen LogP contribution in [0, 0.1) is 0 Å². The molecule has 0 aliphatic heterocycles. The maximum Gasteiger partial charge on any atom is 0.346 e. The molecule has 0 unspecified atom stereocenters. The molecule has 0 atom stereocenters. The first-order valence-corrected chi connectivity index (χ1v) is 6.76. The summed E-state index contributed by atoms with van der Waals surface area (Å²) in [5.41, 5.74) is 0.484. The van der Waals surface area contributed by atoms with Crippen LogP contribution in [0.2, 0.25) is 0 Å². The van der Waals surface area contributed by atoms with Crippen LogP contribution < -0.4 is 5.69 Å². The second-order valence-electron chi connectivity index (χ2n) is 3.95. The van der Waals surface area contributed by atoms with E-state index in [0.29, 0.717) is 10.7 Å². The number of rotatable bonds is 4. The number of thioether (sulfide) groups is 1. The van der Waals surface area contributed by atoms with Crippen LogP contribution in [0.1, 0.15) is 15.9 Å². The molecule has 1 heterocycles. The summed E-state index contributed by atoms with van der Waals surface area (Å²) >= 11 is 1.37. The summed E-state index contributed by atoms with van der Waals surface area (Å²) in [5, 5.41) is 13.9. The zero-order valence-electron chi connectivity index (χ0n) is 10.5. The molecule has 0 saturated carbocycles. The number of carboxylic acid groups (broad SMARTS) is 1. The van der Waals surface area contributed by atoms with Crippen LogP contribution in [0.25, 0.3) is 0 Å². The number of hydrogen-bond donors (Lipinski definition) is 1. The SMILES string of the molecule is CSc1nn(Cc2ccccc2C(=O)O)c(=O)n1C. The lowest BCUT2D eigenvalue weighted by Gasteiger charge is -2.04. The van der Waals surface area contributed by atoms with Gasteiger partial charge in [-0.3, -0.25) is 4.57 Å². The summed E-state index contributed by atoms with van der Waals surface area (Å²) in [6, 6.07) is 6.59. The first-order chi connectivity index (χ1) is 9.04. The number of hydrogen-bond acceptors (Lipinski definition) is 4. The van der Waals surface area contributed by atoms with E-state index in [1.54, 1.807) is 25.2 Å². The van der Waals surface area contributed by atoms with Crippen molar-refractivity contribution >= 4 is 17.7 Å². The quantitative estimate of drug-likeness (QED) is 0.846. The molecule has 2 rings (SSSR count). The highest BCUT2D eigenvalue weighted by molar-refractivity contribution is 7.98. The minimum Gasteiger partial charge on any atom is -0.478 e. The van der Waals surface area contributed by atoms with Crippen molar-refractivity contribution in [3.63, 3.8) is 0 Å². The monoisotopic (exact) mass is 279 g/mol. The van der Waals surface area contributed by atoms with E-state index in [9.17, 15) is 9.59 Å². The third-order valence-corrected chi connectivity index (χ3v) is 3.47. The molecule has 7 heteroatoms. The molecule has 0 fully saturated rings. The van der Waals surface area contributed by atoms with E-state index in [-0.39, 0.29) is 17.8 Å². The molecule has 19 heavy (non-hydrogen) atoms. The summed E-state index contributed by atoms with van der Waals surface area (Å²) in [6.45, 7) is 0.149. The number of nitrogens with zero attached hydrogens (tertiary/aromatic N) is 3. The predicted octanol–water partition coefficient (Wildman–Crippen LogP) is 1.05. The van der Waals surface area contributed by atoms with Crippen molar-refractivity contribution in [2.75, 3.05) is 6.26 Å². The van der Waals surface area contributed by atoms with Gasteiger partial charge < -0.3 is 5.11 Å². The highest BCUT2D eigenvalue weighted by atomic mass is 32.2. The van der Waals surface area contributed by atoms with Gasteiger partial charge in [-0.2, -0.15) is 0 Å². The summed E-state index contributed by atoms with van der Waals surface area (Å²) in [4.78, 5) is 23.0. The first-order valence-electron chi connectivity index (χ1n) is 5.53. The van der Waals surface area contributed by atoms with Crippen LogP contribution in [0.5, 0.6) is 0 Å². The smallest absolute Gasteiger partial charge is 0.346 e. The molecule has 0 aliphatic carbocycles. The molecule has 6 nitrogen and oxygen atoms in total. The largest absolute Gasteiger partial charge is 0.478 e. The molecular formula is C12H13N3O3S. The summed E-state index contributed by atoms with van der Waals surface area (Å²) in [5.74, 6) is -1.01. The number of carbonyl (C=O) groups is 1. The summed E-state index contributed by atoms with van der Waals surface area (Å²) < 4.78 is 2.71. The average Bonchev–Trinajstić information content (AvgIpc) is 2.67. The Kier molecular flexibility index (Phi) is 3.75. The first kappa shape index (κ1) is 13.4. The van der Waals surface area contributed by atoms with Gasteiger partial charge in [0.1, 0.15) is 0 Å². The van der Waals surface area contributed by atoms with Gasteiger partial charge >= 0.3 is 11.7 Å². The molecule has 0 spiro atoms. The Bertz CT molecular complexity index is 675. The molecule has 1 aromatic carbocycles. The van der Waals surface area contributed by atoms with Gasteiger partial charge in [-0.25, -0.2) is 14.3 Å². The number of benzene rings is 1. The van der Waals surface area contributed by atoms with Gasteiger partial charge in [0.2, 0.25) is 0 Å². The van der Waals surface area contributed by atoms with Crippen molar-refractivity contribution < 1.29 is 9.90 Å². The standard InChI is InChI=1S/C12H13N3O3S/c1-14-11(19-2)13-15(12(14)18)7-8-5-3-4-6-9(8)10(16)17/h3-6H,7H2,1-2H3,(H,16,17). The van der Waals surface area contributed by atoms with Crippen molar-refractivity contribution in [2.24, 2.45) is 7.05 Å². The highest BCUT2D eigenvalue weighted by Gasteiger charge is 2.13. The summed E-state index contributed by atoms with van der Waals surface area (Å²) in [7, 11) is 1.64. The normalized spacial score (nSPS) is 10.6. The predicted molar refractivity (Wildman–Crippen MR) is 71.8 cm³/mol. The Labute approximate surface area is 113 Å². The lowest BCUT2D eigenvalue weighted by Crippen LogP contribution is -2.24. The van der Waals surface area contributed by atoms with Gasteiger partial charge in [-0.1, -0.05) is 30.0 Å². The van der Waals surface area contributed by atoms with Crippen LogP contribution in [0.15, 0.2) is 34.2 Å². The van der Waals surface area contributed by atoms with Crippen LogP contribution >= 0.6 is 11.8 Å². The second-order valence-corrected chi connectivity index (χ2v) is 4.72. The van der Waals surface area contributed by atoms with Crippen molar-refractivity contribution in [3.05, 3.63) is 45.9 Å². The molecule has 1 aromatic heterocycles. The van der Waals surface area contributed by atoms with E-state index in [2.05, 4.69) is 5.10 Å². The third kappa shape index (κ3) is 2.55. The fourth-order valence-electron chi connectivity index (χ4n) is 1.78. The Morgan fingerprint density at radius 3 is 2.68 bits per heavy atom. The molecule has 0 aliphatic rings. The van der Waals surface area contributed by atoms with Crippen molar-refractivity contribution in [1.29, 1.82) is 0 Å².